The van der Waals surface area contributed by atoms with Crippen molar-refractivity contribution in [2.75, 3.05) is 23.8 Å². The number of aliphatic hydroxyl groups is 8. The van der Waals surface area contributed by atoms with E-state index in [1.54, 1.807) is 24.3 Å². The van der Waals surface area contributed by atoms with Crippen molar-refractivity contribution in [3.63, 3.8) is 0 Å². The van der Waals surface area contributed by atoms with Crippen LogP contribution in [0.4, 0.5) is 11.4 Å². The van der Waals surface area contributed by atoms with Gasteiger partial charge in [-0.15, -0.1) is 0 Å². The molecule has 0 radical (unpaired) electrons. The Morgan fingerprint density at radius 1 is 0.733 bits per heavy atom. The number of aliphatic hydroxyl groups excluding tert-OH is 8. The van der Waals surface area contributed by atoms with Crippen molar-refractivity contribution < 1.29 is 50.3 Å². The maximum atomic E-state index is 10.1. The molecule has 3 rings (SSSR count). The van der Waals surface area contributed by atoms with Crippen molar-refractivity contribution in [2.45, 2.75) is 61.3 Å². The Morgan fingerprint density at radius 2 is 1.13 bits per heavy atom. The summed E-state index contributed by atoms with van der Waals surface area (Å²) in [5.41, 5.74) is 0.908. The number of rotatable bonds is 8. The minimum atomic E-state index is -1.40. The van der Waals surface area contributed by atoms with E-state index in [4.69, 9.17) is 19.7 Å². The van der Waals surface area contributed by atoms with E-state index in [0.29, 0.717) is 11.4 Å². The van der Waals surface area contributed by atoms with Crippen LogP contribution in [0.2, 0.25) is 0 Å². The zero-order chi connectivity index (χ0) is 22.0. The first-order valence-electron chi connectivity index (χ1n) is 9.51. The highest BCUT2D eigenvalue weighted by molar-refractivity contribution is 5.57. The fourth-order valence-electron chi connectivity index (χ4n) is 3.52. The lowest BCUT2D eigenvalue weighted by molar-refractivity contribution is -0.0774. The first-order chi connectivity index (χ1) is 14.3. The van der Waals surface area contributed by atoms with Crippen molar-refractivity contribution in [3.05, 3.63) is 24.3 Å². The van der Waals surface area contributed by atoms with E-state index >= 15 is 0 Å². The zero-order valence-corrected chi connectivity index (χ0v) is 15.9. The number of hydrogen-bond acceptors (Lipinski definition) is 12. The van der Waals surface area contributed by atoms with E-state index in [1.807, 2.05) is 0 Å². The van der Waals surface area contributed by atoms with Crippen molar-refractivity contribution in [1.82, 2.24) is 0 Å². The molecule has 170 valence electrons. The standard InChI is InChI=1S/C18H28N2O10/c21-5-9(23)15-11(25)13(27)17(29-15)19-7-2-1-3-8(4-7)20-18-14(28)12(26)16(30-18)10(24)6-22/h1-4,9-28H,5-6H2/t9-,10-,11+,12+,13-,14+,15+,16+,17+,18-/m1/s1. The first kappa shape index (κ1) is 23.1. The normalized spacial score (nSPS) is 38.4. The SMILES string of the molecule is OC[C@@H](O)[C@@H]1O[C@H](Nc2cccc(N[C@@H]3O[C@@H]([C@H](O)CO)[C@@H](O)[C@@H]3O)c2)[C@H](O)[C@@H]1O. The highest BCUT2D eigenvalue weighted by Crippen LogP contribution is 2.28. The van der Waals surface area contributed by atoms with Gasteiger partial charge in [0.25, 0.3) is 0 Å². The molecular weight excluding hydrogens is 404 g/mol. The second kappa shape index (κ2) is 9.70. The van der Waals surface area contributed by atoms with Crippen LogP contribution < -0.4 is 10.6 Å². The molecule has 0 aromatic heterocycles. The van der Waals surface area contributed by atoms with E-state index in [9.17, 15) is 30.6 Å². The fourth-order valence-corrected chi connectivity index (χ4v) is 3.52. The van der Waals surface area contributed by atoms with Crippen LogP contribution in [0, 0.1) is 0 Å². The molecule has 0 saturated carbocycles. The fraction of sp³-hybridized carbons (Fsp3) is 0.667. The summed E-state index contributed by atoms with van der Waals surface area (Å²) in [4.78, 5) is 0. The van der Waals surface area contributed by atoms with Crippen LogP contribution in [0.25, 0.3) is 0 Å². The molecule has 1 aromatic rings. The summed E-state index contributed by atoms with van der Waals surface area (Å²) in [5, 5.41) is 83.4. The molecule has 2 fully saturated rings. The van der Waals surface area contributed by atoms with Gasteiger partial charge in [0.2, 0.25) is 0 Å². The summed E-state index contributed by atoms with van der Waals surface area (Å²) in [5.74, 6) is 0. The summed E-state index contributed by atoms with van der Waals surface area (Å²) in [6.07, 6.45) is -12.7. The van der Waals surface area contributed by atoms with Gasteiger partial charge in [0.05, 0.1) is 13.2 Å². The summed E-state index contributed by atoms with van der Waals surface area (Å²) < 4.78 is 10.8. The Labute approximate surface area is 171 Å². The van der Waals surface area contributed by atoms with E-state index in [1.165, 1.54) is 0 Å². The Morgan fingerprint density at radius 3 is 1.50 bits per heavy atom. The number of nitrogens with one attached hydrogen (secondary N) is 2. The van der Waals surface area contributed by atoms with E-state index in [2.05, 4.69) is 10.6 Å². The molecule has 0 amide bonds. The molecule has 2 saturated heterocycles. The highest BCUT2D eigenvalue weighted by Gasteiger charge is 2.47. The lowest BCUT2D eigenvalue weighted by atomic mass is 10.1. The average Bonchev–Trinajstić information content (AvgIpc) is 3.18. The van der Waals surface area contributed by atoms with Crippen LogP contribution in [0.5, 0.6) is 0 Å². The van der Waals surface area contributed by atoms with Crippen LogP contribution >= 0.6 is 0 Å². The molecule has 12 heteroatoms. The molecule has 10 N–H and O–H groups in total. The third-order valence-electron chi connectivity index (χ3n) is 5.21. The number of anilines is 2. The van der Waals surface area contributed by atoms with E-state index in [0.717, 1.165) is 0 Å². The predicted molar refractivity (Wildman–Crippen MR) is 101 cm³/mol. The van der Waals surface area contributed by atoms with Gasteiger partial charge >= 0.3 is 0 Å². The van der Waals surface area contributed by atoms with Gasteiger partial charge in [-0.2, -0.15) is 0 Å². The molecule has 0 bridgehead atoms. The molecule has 2 heterocycles. The third-order valence-corrected chi connectivity index (χ3v) is 5.21. The smallest absolute Gasteiger partial charge is 0.157 e. The van der Waals surface area contributed by atoms with Gasteiger partial charge in [-0.05, 0) is 18.2 Å². The number of hydrogen-bond donors (Lipinski definition) is 10. The van der Waals surface area contributed by atoms with Gasteiger partial charge in [-0.25, -0.2) is 0 Å². The number of ether oxygens (including phenoxy) is 2. The molecule has 1 aromatic carbocycles. The first-order valence-corrected chi connectivity index (χ1v) is 9.51. The Hall–Kier alpha value is -1.58. The third kappa shape index (κ3) is 4.68. The van der Waals surface area contributed by atoms with Crippen molar-refractivity contribution in [3.8, 4) is 0 Å². The van der Waals surface area contributed by atoms with Crippen LogP contribution in [-0.2, 0) is 9.47 Å². The van der Waals surface area contributed by atoms with Gasteiger partial charge in [0, 0.05) is 11.4 Å². The van der Waals surface area contributed by atoms with E-state index < -0.39 is 74.5 Å². The van der Waals surface area contributed by atoms with Crippen molar-refractivity contribution >= 4 is 11.4 Å². The molecule has 10 atom stereocenters. The van der Waals surface area contributed by atoms with Crippen LogP contribution in [0.15, 0.2) is 24.3 Å². The predicted octanol–water partition coefficient (Wildman–Crippen LogP) is -3.89. The topological polar surface area (TPSA) is 204 Å². The van der Waals surface area contributed by atoms with Gasteiger partial charge in [0.1, 0.15) is 48.8 Å². The lowest BCUT2D eigenvalue weighted by Crippen LogP contribution is -2.40. The Balaban J connectivity index is 1.64. The molecule has 30 heavy (non-hydrogen) atoms. The molecular formula is C18H28N2O10. The molecule has 0 aliphatic carbocycles. The second-order valence-electron chi connectivity index (χ2n) is 7.37. The van der Waals surface area contributed by atoms with Gasteiger partial charge in [-0.1, -0.05) is 6.07 Å². The lowest BCUT2D eigenvalue weighted by Gasteiger charge is -2.21. The minimum Gasteiger partial charge on any atom is -0.394 e. The van der Waals surface area contributed by atoms with E-state index in [-0.39, 0.29) is 0 Å². The Bertz CT molecular complexity index is 643. The molecule has 2 aliphatic heterocycles. The number of benzene rings is 1. The van der Waals surface area contributed by atoms with Gasteiger partial charge in [0.15, 0.2) is 12.5 Å². The monoisotopic (exact) mass is 432 g/mol. The van der Waals surface area contributed by atoms with Crippen molar-refractivity contribution in [2.24, 2.45) is 0 Å². The molecule has 0 unspecified atom stereocenters. The molecule has 2 aliphatic rings. The summed E-state index contributed by atoms with van der Waals surface area (Å²) in [7, 11) is 0. The van der Waals surface area contributed by atoms with Gasteiger partial charge in [-0.3, -0.25) is 0 Å². The van der Waals surface area contributed by atoms with Crippen molar-refractivity contribution in [1.29, 1.82) is 0 Å². The summed E-state index contributed by atoms with van der Waals surface area (Å²) in [6, 6.07) is 6.50. The average molecular weight is 432 g/mol. The van der Waals surface area contributed by atoms with Gasteiger partial charge < -0.3 is 61.0 Å². The van der Waals surface area contributed by atoms with Crippen LogP contribution in [0.1, 0.15) is 0 Å². The maximum absolute atomic E-state index is 10.1. The van der Waals surface area contributed by atoms with Crippen LogP contribution in [-0.4, -0.2) is 115 Å². The zero-order valence-electron chi connectivity index (χ0n) is 15.9. The summed E-state index contributed by atoms with van der Waals surface area (Å²) in [6.45, 7) is -1.27. The highest BCUT2D eigenvalue weighted by atomic mass is 16.6. The Kier molecular flexibility index (Phi) is 7.47. The molecule has 12 nitrogen and oxygen atoms in total. The molecule has 0 spiro atoms. The second-order valence-corrected chi connectivity index (χ2v) is 7.37. The minimum absolute atomic E-state index is 0.454. The van der Waals surface area contributed by atoms with Crippen LogP contribution in [0.3, 0.4) is 0 Å². The largest absolute Gasteiger partial charge is 0.394 e. The maximum Gasteiger partial charge on any atom is 0.157 e. The quantitative estimate of drug-likeness (QED) is 0.191. The summed E-state index contributed by atoms with van der Waals surface area (Å²) >= 11 is 0.